The SMILES string of the molecule is Cc1noc(C)c1NC(=O)Cn1ncc([N+](=O)[O-])c1C. The van der Waals surface area contributed by atoms with Gasteiger partial charge in [0.25, 0.3) is 0 Å². The van der Waals surface area contributed by atoms with Crippen LogP contribution in [0, 0.1) is 30.9 Å². The molecule has 2 aromatic rings. The molecular weight excluding hydrogens is 266 g/mol. The summed E-state index contributed by atoms with van der Waals surface area (Å²) in [5, 5.41) is 20.9. The van der Waals surface area contributed by atoms with E-state index in [4.69, 9.17) is 4.52 Å². The molecule has 0 atom stereocenters. The Labute approximate surface area is 113 Å². The van der Waals surface area contributed by atoms with Gasteiger partial charge in [0, 0.05) is 0 Å². The minimum Gasteiger partial charge on any atom is -0.359 e. The maximum absolute atomic E-state index is 11.9. The van der Waals surface area contributed by atoms with Gasteiger partial charge in [0.2, 0.25) is 5.91 Å². The molecule has 0 bridgehead atoms. The van der Waals surface area contributed by atoms with Crippen molar-refractivity contribution >= 4 is 17.3 Å². The predicted octanol–water partition coefficient (Wildman–Crippen LogP) is 1.34. The summed E-state index contributed by atoms with van der Waals surface area (Å²) in [6.45, 7) is 4.80. The van der Waals surface area contributed by atoms with Crippen LogP contribution < -0.4 is 5.32 Å². The monoisotopic (exact) mass is 279 g/mol. The van der Waals surface area contributed by atoms with E-state index < -0.39 is 4.92 Å². The molecule has 0 saturated carbocycles. The topological polar surface area (TPSA) is 116 Å². The van der Waals surface area contributed by atoms with Crippen LogP contribution in [0.5, 0.6) is 0 Å². The van der Waals surface area contributed by atoms with Crippen molar-refractivity contribution in [2.75, 3.05) is 5.32 Å². The van der Waals surface area contributed by atoms with Gasteiger partial charge in [-0.15, -0.1) is 0 Å². The van der Waals surface area contributed by atoms with Crippen LogP contribution in [0.4, 0.5) is 11.4 Å². The lowest BCUT2D eigenvalue weighted by molar-refractivity contribution is -0.385. The zero-order chi connectivity index (χ0) is 14.9. The van der Waals surface area contributed by atoms with Gasteiger partial charge in [0.15, 0.2) is 5.76 Å². The van der Waals surface area contributed by atoms with Gasteiger partial charge in [-0.05, 0) is 20.8 Å². The predicted molar refractivity (Wildman–Crippen MR) is 68.2 cm³/mol. The van der Waals surface area contributed by atoms with E-state index in [9.17, 15) is 14.9 Å². The maximum atomic E-state index is 11.9. The van der Waals surface area contributed by atoms with Gasteiger partial charge in [-0.1, -0.05) is 5.16 Å². The van der Waals surface area contributed by atoms with Crippen LogP contribution in [-0.2, 0) is 11.3 Å². The number of nitro groups is 1. The summed E-state index contributed by atoms with van der Waals surface area (Å²) in [7, 11) is 0. The first-order chi connectivity index (χ1) is 9.40. The van der Waals surface area contributed by atoms with Gasteiger partial charge in [0.05, 0.1) is 4.92 Å². The van der Waals surface area contributed by atoms with E-state index in [1.54, 1.807) is 13.8 Å². The van der Waals surface area contributed by atoms with E-state index >= 15 is 0 Å². The van der Waals surface area contributed by atoms with Crippen molar-refractivity contribution in [3.8, 4) is 0 Å². The Morgan fingerprint density at radius 3 is 2.70 bits per heavy atom. The Kier molecular flexibility index (Phi) is 3.51. The van der Waals surface area contributed by atoms with Crippen molar-refractivity contribution in [2.45, 2.75) is 27.3 Å². The van der Waals surface area contributed by atoms with E-state index in [1.807, 2.05) is 0 Å². The molecule has 0 fully saturated rings. The Bertz CT molecular complexity index is 653. The molecule has 20 heavy (non-hydrogen) atoms. The van der Waals surface area contributed by atoms with Gasteiger partial charge in [0.1, 0.15) is 29.8 Å². The fourth-order valence-corrected chi connectivity index (χ4v) is 1.75. The van der Waals surface area contributed by atoms with Crippen LogP contribution in [0.1, 0.15) is 17.1 Å². The molecule has 0 spiro atoms. The fourth-order valence-electron chi connectivity index (χ4n) is 1.75. The molecule has 106 valence electrons. The van der Waals surface area contributed by atoms with Crippen LogP contribution in [-0.4, -0.2) is 25.8 Å². The molecule has 0 saturated heterocycles. The van der Waals surface area contributed by atoms with Crippen LogP contribution >= 0.6 is 0 Å². The third-order valence-corrected chi connectivity index (χ3v) is 2.87. The molecule has 2 aromatic heterocycles. The summed E-state index contributed by atoms with van der Waals surface area (Å²) in [6, 6.07) is 0. The highest BCUT2D eigenvalue weighted by Crippen LogP contribution is 2.19. The van der Waals surface area contributed by atoms with Crippen molar-refractivity contribution < 1.29 is 14.2 Å². The van der Waals surface area contributed by atoms with Gasteiger partial charge in [-0.3, -0.25) is 19.6 Å². The Morgan fingerprint density at radius 2 is 2.20 bits per heavy atom. The van der Waals surface area contributed by atoms with Crippen LogP contribution in [0.2, 0.25) is 0 Å². The molecule has 9 nitrogen and oxygen atoms in total. The molecule has 1 N–H and O–H groups in total. The van der Waals surface area contributed by atoms with Crippen molar-refractivity contribution in [2.24, 2.45) is 0 Å². The second-order valence-corrected chi connectivity index (χ2v) is 4.28. The van der Waals surface area contributed by atoms with E-state index in [2.05, 4.69) is 15.6 Å². The van der Waals surface area contributed by atoms with Crippen LogP contribution in [0.3, 0.4) is 0 Å². The standard InChI is InChI=1S/C11H13N5O4/c1-6-11(8(3)20-14-6)13-10(17)5-15-7(2)9(4-12-15)16(18)19/h4H,5H2,1-3H3,(H,13,17). The second kappa shape index (κ2) is 5.11. The normalized spacial score (nSPS) is 10.6. The molecule has 2 heterocycles. The zero-order valence-electron chi connectivity index (χ0n) is 11.2. The average molecular weight is 279 g/mol. The quantitative estimate of drug-likeness (QED) is 0.666. The fraction of sp³-hybridized carbons (Fsp3) is 0.364. The first-order valence-electron chi connectivity index (χ1n) is 5.79. The minimum absolute atomic E-state index is 0.116. The van der Waals surface area contributed by atoms with E-state index in [1.165, 1.54) is 11.6 Å². The maximum Gasteiger partial charge on any atom is 0.309 e. The number of amides is 1. The number of carbonyl (C=O) groups excluding carboxylic acids is 1. The van der Waals surface area contributed by atoms with Gasteiger partial charge in [-0.2, -0.15) is 5.10 Å². The molecule has 0 aliphatic heterocycles. The van der Waals surface area contributed by atoms with Gasteiger partial charge >= 0.3 is 5.69 Å². The number of aromatic nitrogens is 3. The second-order valence-electron chi connectivity index (χ2n) is 4.28. The third-order valence-electron chi connectivity index (χ3n) is 2.87. The van der Waals surface area contributed by atoms with Crippen molar-refractivity contribution in [3.63, 3.8) is 0 Å². The number of hydrogen-bond donors (Lipinski definition) is 1. The molecule has 1 amide bonds. The summed E-state index contributed by atoms with van der Waals surface area (Å²) in [5.74, 6) is 0.138. The van der Waals surface area contributed by atoms with Gasteiger partial charge in [-0.25, -0.2) is 0 Å². The average Bonchev–Trinajstić information content (AvgIpc) is 2.88. The van der Waals surface area contributed by atoms with E-state index in [0.29, 0.717) is 22.8 Å². The molecule has 0 unspecified atom stereocenters. The lowest BCUT2D eigenvalue weighted by atomic mass is 10.3. The highest BCUT2D eigenvalue weighted by molar-refractivity contribution is 5.91. The Hall–Kier alpha value is -2.71. The summed E-state index contributed by atoms with van der Waals surface area (Å²) in [5.41, 5.74) is 1.28. The first-order valence-corrected chi connectivity index (χ1v) is 5.79. The number of hydrogen-bond acceptors (Lipinski definition) is 6. The zero-order valence-corrected chi connectivity index (χ0v) is 11.2. The number of nitrogens with zero attached hydrogens (tertiary/aromatic N) is 4. The molecule has 0 aliphatic rings. The van der Waals surface area contributed by atoms with E-state index in [0.717, 1.165) is 6.20 Å². The number of rotatable bonds is 4. The number of aryl methyl sites for hydroxylation is 2. The van der Waals surface area contributed by atoms with Gasteiger partial charge < -0.3 is 9.84 Å². The highest BCUT2D eigenvalue weighted by atomic mass is 16.6. The summed E-state index contributed by atoms with van der Waals surface area (Å²) >= 11 is 0. The molecule has 0 aromatic carbocycles. The summed E-state index contributed by atoms with van der Waals surface area (Å²) in [4.78, 5) is 22.1. The smallest absolute Gasteiger partial charge is 0.309 e. The van der Waals surface area contributed by atoms with E-state index in [-0.39, 0.29) is 18.1 Å². The minimum atomic E-state index is -0.537. The summed E-state index contributed by atoms with van der Waals surface area (Å²) < 4.78 is 6.20. The lowest BCUT2D eigenvalue weighted by Gasteiger charge is -2.05. The lowest BCUT2D eigenvalue weighted by Crippen LogP contribution is -2.20. The van der Waals surface area contributed by atoms with Crippen molar-refractivity contribution in [1.82, 2.24) is 14.9 Å². The number of nitrogens with one attached hydrogen (secondary N) is 1. The highest BCUT2D eigenvalue weighted by Gasteiger charge is 2.19. The Morgan fingerprint density at radius 1 is 1.50 bits per heavy atom. The van der Waals surface area contributed by atoms with Crippen molar-refractivity contribution in [3.05, 3.63) is 33.5 Å². The van der Waals surface area contributed by atoms with Crippen molar-refractivity contribution in [1.29, 1.82) is 0 Å². The number of anilines is 1. The largest absolute Gasteiger partial charge is 0.359 e. The molecule has 9 heteroatoms. The van der Waals surface area contributed by atoms with Crippen LogP contribution in [0.15, 0.2) is 10.7 Å². The third kappa shape index (κ3) is 2.51. The van der Waals surface area contributed by atoms with Crippen LogP contribution in [0.25, 0.3) is 0 Å². The molecule has 0 aliphatic carbocycles. The molecule has 0 radical (unpaired) electrons. The number of carbonyl (C=O) groups is 1. The molecule has 2 rings (SSSR count). The summed E-state index contributed by atoms with van der Waals surface area (Å²) in [6.07, 6.45) is 1.12. The Balaban J connectivity index is 2.11. The molecular formula is C11H13N5O4. The first kappa shape index (κ1) is 13.7.